The quantitative estimate of drug-likeness (QED) is 0.861. The minimum atomic E-state index is -0.377. The van der Waals surface area contributed by atoms with Crippen LogP contribution >= 0.6 is 0 Å². The average Bonchev–Trinajstić information content (AvgIpc) is 3.01. The van der Waals surface area contributed by atoms with Gasteiger partial charge in [-0.05, 0) is 12.1 Å². The van der Waals surface area contributed by atoms with E-state index in [1.807, 2.05) is 0 Å². The molecule has 19 heavy (non-hydrogen) atoms. The molecule has 2 aromatic rings. The molecule has 1 amide bonds. The van der Waals surface area contributed by atoms with Crippen molar-refractivity contribution in [3.63, 3.8) is 0 Å². The summed E-state index contributed by atoms with van der Waals surface area (Å²) in [5, 5.41) is 12.9. The number of hydrogen-bond acceptors (Lipinski definition) is 6. The first kappa shape index (κ1) is 11.9. The monoisotopic (exact) mass is 263 g/mol. The highest BCUT2D eigenvalue weighted by molar-refractivity contribution is 5.77. The topological polar surface area (TPSA) is 92.6 Å². The molecule has 3 heterocycles. The maximum atomic E-state index is 11.7. The summed E-state index contributed by atoms with van der Waals surface area (Å²) >= 11 is 0. The Morgan fingerprint density at radius 2 is 2.37 bits per heavy atom. The van der Waals surface area contributed by atoms with Crippen molar-refractivity contribution in [1.82, 2.24) is 15.0 Å². The third-order valence-electron chi connectivity index (χ3n) is 2.98. The van der Waals surface area contributed by atoms with E-state index in [2.05, 4.69) is 10.1 Å². The molecule has 1 aliphatic rings. The molecule has 0 spiro atoms. The van der Waals surface area contributed by atoms with Gasteiger partial charge in [0.05, 0.1) is 12.4 Å². The Balaban J connectivity index is 1.55. The third kappa shape index (κ3) is 2.50. The molecule has 1 N–H and O–H groups in total. The predicted molar refractivity (Wildman–Crippen MR) is 62.9 cm³/mol. The van der Waals surface area contributed by atoms with Gasteiger partial charge in [-0.3, -0.25) is 4.79 Å². The summed E-state index contributed by atoms with van der Waals surface area (Å²) in [6.45, 7) is 0.834. The number of carbonyl (C=O) groups excluding carboxylic acids is 1. The van der Waals surface area contributed by atoms with Crippen LogP contribution in [-0.4, -0.2) is 45.2 Å². The lowest BCUT2D eigenvalue weighted by molar-refractivity contribution is -0.141. The highest BCUT2D eigenvalue weighted by Crippen LogP contribution is 2.17. The Labute approximate surface area is 108 Å². The van der Waals surface area contributed by atoms with E-state index in [0.29, 0.717) is 43.4 Å². The minimum Gasteiger partial charge on any atom is -0.461 e. The Bertz CT molecular complexity index is 557. The van der Waals surface area contributed by atoms with Crippen molar-refractivity contribution in [3.8, 4) is 11.6 Å². The van der Waals surface area contributed by atoms with Gasteiger partial charge in [-0.2, -0.15) is 4.98 Å². The Morgan fingerprint density at radius 3 is 3.05 bits per heavy atom. The van der Waals surface area contributed by atoms with Crippen LogP contribution in [0, 0.1) is 0 Å². The molecule has 1 fully saturated rings. The second kappa shape index (κ2) is 4.85. The number of aliphatic hydroxyl groups is 1. The number of likely N-dealkylation sites (tertiary alicyclic amines) is 1. The van der Waals surface area contributed by atoms with Crippen LogP contribution in [0.4, 0.5) is 0 Å². The first-order valence-electron chi connectivity index (χ1n) is 6.04. The number of aromatic nitrogens is 2. The van der Waals surface area contributed by atoms with Crippen molar-refractivity contribution in [2.24, 2.45) is 0 Å². The number of furan rings is 1. The maximum absolute atomic E-state index is 11.7. The number of aliphatic hydroxyl groups excluding tert-OH is 1. The van der Waals surface area contributed by atoms with Crippen LogP contribution in [0.3, 0.4) is 0 Å². The van der Waals surface area contributed by atoms with Gasteiger partial charge in [0.15, 0.2) is 5.76 Å². The zero-order chi connectivity index (χ0) is 13.2. The Hall–Kier alpha value is -2.15. The summed E-state index contributed by atoms with van der Waals surface area (Å²) in [5.41, 5.74) is 0. The summed E-state index contributed by atoms with van der Waals surface area (Å²) in [7, 11) is 0. The number of β-amino-alcohol motifs (C(OH)–C–C–N with tert-alkyl or cyclic N) is 1. The van der Waals surface area contributed by atoms with E-state index >= 15 is 0 Å². The zero-order valence-electron chi connectivity index (χ0n) is 10.2. The van der Waals surface area contributed by atoms with Crippen molar-refractivity contribution in [1.29, 1.82) is 0 Å². The summed E-state index contributed by atoms with van der Waals surface area (Å²) in [6.07, 6.45) is 1.84. The fraction of sp³-hybridized carbons (Fsp3) is 0.417. The van der Waals surface area contributed by atoms with Crippen LogP contribution in [-0.2, 0) is 11.2 Å². The van der Waals surface area contributed by atoms with Crippen LogP contribution in [0.5, 0.6) is 0 Å². The Morgan fingerprint density at radius 1 is 1.53 bits per heavy atom. The number of carbonyl (C=O) groups is 1. The average molecular weight is 263 g/mol. The standard InChI is InChI=1S/C12H13N3O4/c16-8-6-15(7-8)11(17)4-3-10-13-12(14-19-10)9-2-1-5-18-9/h1-2,5,8,16H,3-4,6-7H2. The molecule has 2 aromatic heterocycles. The number of amides is 1. The summed E-state index contributed by atoms with van der Waals surface area (Å²) in [4.78, 5) is 17.4. The number of hydrogen-bond donors (Lipinski definition) is 1. The molecule has 1 saturated heterocycles. The van der Waals surface area contributed by atoms with Gasteiger partial charge in [0.2, 0.25) is 17.6 Å². The van der Waals surface area contributed by atoms with Crippen LogP contribution in [0.1, 0.15) is 12.3 Å². The molecular weight excluding hydrogens is 250 g/mol. The molecular formula is C12H13N3O4. The van der Waals surface area contributed by atoms with E-state index in [9.17, 15) is 4.79 Å². The van der Waals surface area contributed by atoms with Crippen molar-refractivity contribution in [2.45, 2.75) is 18.9 Å². The lowest BCUT2D eigenvalue weighted by Crippen LogP contribution is -2.53. The summed E-state index contributed by atoms with van der Waals surface area (Å²) < 4.78 is 10.2. The number of rotatable bonds is 4. The second-order valence-corrected chi connectivity index (χ2v) is 4.44. The number of nitrogens with zero attached hydrogens (tertiary/aromatic N) is 3. The van der Waals surface area contributed by atoms with Gasteiger partial charge in [0, 0.05) is 25.9 Å². The lowest BCUT2D eigenvalue weighted by atomic mass is 10.1. The smallest absolute Gasteiger partial charge is 0.238 e. The van der Waals surface area contributed by atoms with E-state index in [1.165, 1.54) is 6.26 Å². The molecule has 1 aliphatic heterocycles. The van der Waals surface area contributed by atoms with Crippen molar-refractivity contribution in [3.05, 3.63) is 24.3 Å². The van der Waals surface area contributed by atoms with Gasteiger partial charge < -0.3 is 18.9 Å². The molecule has 0 aromatic carbocycles. The zero-order valence-corrected chi connectivity index (χ0v) is 10.2. The fourth-order valence-corrected chi connectivity index (χ4v) is 1.89. The van der Waals surface area contributed by atoms with Gasteiger partial charge >= 0.3 is 0 Å². The molecule has 0 saturated carbocycles. The van der Waals surface area contributed by atoms with Gasteiger partial charge in [0.25, 0.3) is 0 Å². The van der Waals surface area contributed by atoms with Crippen molar-refractivity contribution in [2.75, 3.05) is 13.1 Å². The maximum Gasteiger partial charge on any atom is 0.238 e. The van der Waals surface area contributed by atoms with E-state index < -0.39 is 0 Å². The van der Waals surface area contributed by atoms with E-state index in [1.54, 1.807) is 17.0 Å². The molecule has 0 radical (unpaired) electrons. The Kier molecular flexibility index (Phi) is 3.04. The van der Waals surface area contributed by atoms with Gasteiger partial charge in [0.1, 0.15) is 0 Å². The molecule has 3 rings (SSSR count). The SMILES string of the molecule is O=C(CCc1nc(-c2ccco2)no1)N1CC(O)C1. The van der Waals surface area contributed by atoms with Gasteiger partial charge in [-0.15, -0.1) is 0 Å². The van der Waals surface area contributed by atoms with Gasteiger partial charge in [-0.25, -0.2) is 0 Å². The molecule has 0 atom stereocenters. The molecule has 0 bridgehead atoms. The van der Waals surface area contributed by atoms with Crippen LogP contribution in [0.2, 0.25) is 0 Å². The van der Waals surface area contributed by atoms with Crippen molar-refractivity contribution >= 4 is 5.91 Å². The first-order valence-corrected chi connectivity index (χ1v) is 6.04. The van der Waals surface area contributed by atoms with Crippen LogP contribution < -0.4 is 0 Å². The highest BCUT2D eigenvalue weighted by atomic mass is 16.5. The summed E-state index contributed by atoms with van der Waals surface area (Å²) in [6, 6.07) is 3.48. The highest BCUT2D eigenvalue weighted by Gasteiger charge is 2.28. The molecule has 100 valence electrons. The minimum absolute atomic E-state index is 0.0111. The van der Waals surface area contributed by atoms with Crippen LogP contribution in [0.15, 0.2) is 27.3 Å². The molecule has 7 nitrogen and oxygen atoms in total. The molecule has 7 heteroatoms. The number of aryl methyl sites for hydroxylation is 1. The largest absolute Gasteiger partial charge is 0.461 e. The van der Waals surface area contributed by atoms with Crippen LogP contribution in [0.25, 0.3) is 11.6 Å². The van der Waals surface area contributed by atoms with Gasteiger partial charge in [-0.1, -0.05) is 5.16 Å². The third-order valence-corrected chi connectivity index (χ3v) is 2.98. The molecule has 0 unspecified atom stereocenters. The molecule has 0 aliphatic carbocycles. The predicted octanol–water partition coefficient (Wildman–Crippen LogP) is 0.465. The lowest BCUT2D eigenvalue weighted by Gasteiger charge is -2.35. The van der Waals surface area contributed by atoms with E-state index in [-0.39, 0.29) is 12.0 Å². The van der Waals surface area contributed by atoms with Crippen molar-refractivity contribution < 1.29 is 18.8 Å². The second-order valence-electron chi connectivity index (χ2n) is 4.44. The first-order chi connectivity index (χ1) is 9.22. The normalized spacial score (nSPS) is 15.5. The van der Waals surface area contributed by atoms with E-state index in [4.69, 9.17) is 14.0 Å². The summed E-state index contributed by atoms with van der Waals surface area (Å²) in [5.74, 6) is 1.31. The fourth-order valence-electron chi connectivity index (χ4n) is 1.89. The van der Waals surface area contributed by atoms with E-state index in [0.717, 1.165) is 0 Å².